The van der Waals surface area contributed by atoms with Crippen molar-refractivity contribution >= 4 is 22.8 Å². The number of nitro benzene ring substituents is 1. The first-order valence-corrected chi connectivity index (χ1v) is 5.97. The molecule has 19 heavy (non-hydrogen) atoms. The summed E-state index contributed by atoms with van der Waals surface area (Å²) in [4.78, 5) is 14.5. The fourth-order valence-corrected chi connectivity index (χ4v) is 2.10. The van der Waals surface area contributed by atoms with Gasteiger partial charge in [-0.25, -0.2) is 0 Å². The number of non-ortho nitro benzene ring substituents is 1. The van der Waals surface area contributed by atoms with Crippen molar-refractivity contribution < 1.29 is 14.1 Å². The number of nitrogens with zero attached hydrogens (tertiary/aromatic N) is 2. The average molecular weight is 263 g/mol. The lowest BCUT2D eigenvalue weighted by molar-refractivity contribution is -0.384. The van der Waals surface area contributed by atoms with E-state index in [0.29, 0.717) is 30.3 Å². The van der Waals surface area contributed by atoms with E-state index >= 15 is 0 Å². The lowest BCUT2D eigenvalue weighted by Gasteiger charge is -2.21. The first-order chi connectivity index (χ1) is 9.06. The molecule has 0 spiro atoms. The molecule has 0 aliphatic carbocycles. The van der Waals surface area contributed by atoms with Gasteiger partial charge in [0.05, 0.1) is 23.1 Å². The number of rotatable bonds is 3. The molecule has 1 aromatic carbocycles. The van der Waals surface area contributed by atoms with Crippen LogP contribution in [0.3, 0.4) is 0 Å². The van der Waals surface area contributed by atoms with Crippen LogP contribution in [0.4, 0.5) is 11.7 Å². The summed E-state index contributed by atoms with van der Waals surface area (Å²) >= 11 is 0. The molecule has 0 bridgehead atoms. The minimum Gasteiger partial charge on any atom is -0.423 e. The Morgan fingerprint density at radius 1 is 1.53 bits per heavy atom. The summed E-state index contributed by atoms with van der Waals surface area (Å²) in [6.07, 6.45) is 0.867. The number of nitro groups is 1. The van der Waals surface area contributed by atoms with Gasteiger partial charge in [-0.1, -0.05) is 0 Å². The molecule has 0 radical (unpaired) electrons. The molecule has 1 aliphatic rings. The third-order valence-corrected chi connectivity index (χ3v) is 3.21. The summed E-state index contributed by atoms with van der Waals surface area (Å²) in [5, 5.41) is 13.9. The summed E-state index contributed by atoms with van der Waals surface area (Å²) in [5.74, 6) is 0. The molecule has 0 amide bonds. The highest BCUT2D eigenvalue weighted by molar-refractivity contribution is 5.77. The maximum Gasteiger partial charge on any atom is 0.296 e. The zero-order valence-electron chi connectivity index (χ0n) is 10.4. The number of oxazole rings is 1. The summed E-state index contributed by atoms with van der Waals surface area (Å²) in [5.41, 5.74) is 0.785. The van der Waals surface area contributed by atoms with Gasteiger partial charge in [0.2, 0.25) is 0 Å². The Bertz CT molecular complexity index is 631. The summed E-state index contributed by atoms with van der Waals surface area (Å²) in [6.45, 7) is 3.32. The molecular weight excluding hydrogens is 250 g/mol. The SMILES string of the molecule is CC1(Nc2nc3ccc([N+](=O)[O-])cc3o2)CCOC1. The zero-order valence-corrected chi connectivity index (χ0v) is 10.4. The van der Waals surface area contributed by atoms with Crippen LogP contribution in [0.25, 0.3) is 11.1 Å². The molecule has 2 aromatic rings. The number of hydrogen-bond donors (Lipinski definition) is 1. The third-order valence-electron chi connectivity index (χ3n) is 3.21. The van der Waals surface area contributed by atoms with E-state index in [1.54, 1.807) is 6.07 Å². The normalized spacial score (nSPS) is 22.8. The zero-order chi connectivity index (χ0) is 13.5. The van der Waals surface area contributed by atoms with Crippen molar-refractivity contribution in [2.45, 2.75) is 18.9 Å². The van der Waals surface area contributed by atoms with E-state index in [1.807, 2.05) is 6.92 Å². The largest absolute Gasteiger partial charge is 0.423 e. The van der Waals surface area contributed by atoms with Crippen LogP contribution in [0.1, 0.15) is 13.3 Å². The minimum absolute atomic E-state index is 0.00869. The molecule has 1 unspecified atom stereocenters. The standard InChI is InChI=1S/C12H13N3O4/c1-12(4-5-18-7-12)14-11-13-9-3-2-8(15(16)17)6-10(9)19-11/h2-3,6H,4-5,7H2,1H3,(H,13,14). The molecular formula is C12H13N3O4. The topological polar surface area (TPSA) is 90.4 Å². The van der Waals surface area contributed by atoms with Crippen LogP contribution in [0.5, 0.6) is 0 Å². The van der Waals surface area contributed by atoms with E-state index in [0.717, 1.165) is 6.42 Å². The van der Waals surface area contributed by atoms with Crippen LogP contribution in [-0.4, -0.2) is 28.7 Å². The Morgan fingerprint density at radius 2 is 2.37 bits per heavy atom. The van der Waals surface area contributed by atoms with E-state index in [9.17, 15) is 10.1 Å². The van der Waals surface area contributed by atoms with Gasteiger partial charge in [0.25, 0.3) is 11.7 Å². The van der Waals surface area contributed by atoms with Crippen molar-refractivity contribution in [3.63, 3.8) is 0 Å². The molecule has 100 valence electrons. The van der Waals surface area contributed by atoms with Crippen LogP contribution >= 0.6 is 0 Å². The van der Waals surface area contributed by atoms with Gasteiger partial charge in [0, 0.05) is 12.7 Å². The van der Waals surface area contributed by atoms with Crippen LogP contribution < -0.4 is 5.32 Å². The Hall–Kier alpha value is -2.15. The molecule has 1 atom stereocenters. The van der Waals surface area contributed by atoms with Gasteiger partial charge in [-0.05, 0) is 19.4 Å². The van der Waals surface area contributed by atoms with E-state index in [-0.39, 0.29) is 11.2 Å². The molecule has 1 fully saturated rings. The number of ether oxygens (including phenoxy) is 1. The van der Waals surface area contributed by atoms with E-state index in [1.165, 1.54) is 12.1 Å². The van der Waals surface area contributed by atoms with Crippen molar-refractivity contribution in [1.82, 2.24) is 4.98 Å². The van der Waals surface area contributed by atoms with Crippen LogP contribution in [0.2, 0.25) is 0 Å². The highest BCUT2D eigenvalue weighted by atomic mass is 16.6. The lowest BCUT2D eigenvalue weighted by Crippen LogP contribution is -2.35. The smallest absolute Gasteiger partial charge is 0.296 e. The molecule has 7 heteroatoms. The predicted octanol–water partition coefficient (Wildman–Crippen LogP) is 2.33. The molecule has 1 saturated heterocycles. The van der Waals surface area contributed by atoms with Gasteiger partial charge in [-0.2, -0.15) is 4.98 Å². The number of nitrogens with one attached hydrogen (secondary N) is 1. The first kappa shape index (κ1) is 11.9. The Balaban J connectivity index is 1.91. The molecule has 3 rings (SSSR count). The van der Waals surface area contributed by atoms with Gasteiger partial charge in [0.15, 0.2) is 5.58 Å². The van der Waals surface area contributed by atoms with Gasteiger partial charge < -0.3 is 14.5 Å². The number of fused-ring (bicyclic) bond motifs is 1. The summed E-state index contributed by atoms with van der Waals surface area (Å²) in [7, 11) is 0. The van der Waals surface area contributed by atoms with E-state index in [4.69, 9.17) is 9.15 Å². The second kappa shape index (κ2) is 4.20. The number of aromatic nitrogens is 1. The molecule has 0 saturated carbocycles. The van der Waals surface area contributed by atoms with Gasteiger partial charge in [-0.3, -0.25) is 10.1 Å². The maximum atomic E-state index is 10.7. The van der Waals surface area contributed by atoms with Crippen molar-refractivity contribution in [3.8, 4) is 0 Å². The second-order valence-electron chi connectivity index (χ2n) is 4.92. The third kappa shape index (κ3) is 2.24. The van der Waals surface area contributed by atoms with Crippen molar-refractivity contribution in [2.75, 3.05) is 18.5 Å². The molecule has 1 N–H and O–H groups in total. The van der Waals surface area contributed by atoms with Crippen LogP contribution in [0.15, 0.2) is 22.6 Å². The Kier molecular flexibility index (Phi) is 2.63. The van der Waals surface area contributed by atoms with E-state index in [2.05, 4.69) is 10.3 Å². The van der Waals surface area contributed by atoms with Gasteiger partial charge in [-0.15, -0.1) is 0 Å². The van der Waals surface area contributed by atoms with Crippen molar-refractivity contribution in [3.05, 3.63) is 28.3 Å². The molecule has 1 aromatic heterocycles. The van der Waals surface area contributed by atoms with Gasteiger partial charge >= 0.3 is 0 Å². The van der Waals surface area contributed by atoms with Crippen molar-refractivity contribution in [2.24, 2.45) is 0 Å². The first-order valence-electron chi connectivity index (χ1n) is 5.97. The molecule has 2 heterocycles. The maximum absolute atomic E-state index is 10.7. The Morgan fingerprint density at radius 3 is 3.05 bits per heavy atom. The highest BCUT2D eigenvalue weighted by Crippen LogP contribution is 2.27. The Labute approximate surface area is 108 Å². The number of hydrogen-bond acceptors (Lipinski definition) is 6. The lowest BCUT2D eigenvalue weighted by atomic mass is 10.0. The summed E-state index contributed by atoms with van der Waals surface area (Å²) < 4.78 is 10.8. The summed E-state index contributed by atoms with van der Waals surface area (Å²) in [6, 6.07) is 4.73. The number of benzene rings is 1. The molecule has 1 aliphatic heterocycles. The molecule has 7 nitrogen and oxygen atoms in total. The monoisotopic (exact) mass is 263 g/mol. The van der Waals surface area contributed by atoms with Gasteiger partial charge in [0.1, 0.15) is 5.52 Å². The fourth-order valence-electron chi connectivity index (χ4n) is 2.10. The second-order valence-corrected chi connectivity index (χ2v) is 4.92. The fraction of sp³-hybridized carbons (Fsp3) is 0.417. The quantitative estimate of drug-likeness (QED) is 0.675. The van der Waals surface area contributed by atoms with Crippen LogP contribution in [0, 0.1) is 10.1 Å². The van der Waals surface area contributed by atoms with Crippen LogP contribution in [-0.2, 0) is 4.74 Å². The average Bonchev–Trinajstić information content (AvgIpc) is 2.94. The van der Waals surface area contributed by atoms with E-state index < -0.39 is 4.92 Å². The highest BCUT2D eigenvalue weighted by Gasteiger charge is 2.31. The predicted molar refractivity (Wildman–Crippen MR) is 68.1 cm³/mol. The number of anilines is 1. The minimum atomic E-state index is -0.457. The van der Waals surface area contributed by atoms with Crippen molar-refractivity contribution in [1.29, 1.82) is 0 Å².